The Labute approximate surface area is 164 Å². The Bertz CT molecular complexity index is 1200. The van der Waals surface area contributed by atoms with Gasteiger partial charge in [0.2, 0.25) is 5.95 Å². The first-order valence-corrected chi connectivity index (χ1v) is 9.03. The molecule has 0 radical (unpaired) electrons. The molecule has 4 aromatic rings. The summed E-state index contributed by atoms with van der Waals surface area (Å²) in [7, 11) is 0. The highest BCUT2D eigenvalue weighted by molar-refractivity contribution is 9.10. The molecule has 0 atom stereocenters. The van der Waals surface area contributed by atoms with E-state index in [9.17, 15) is 5.26 Å². The topological polar surface area (TPSA) is 87.6 Å². The summed E-state index contributed by atoms with van der Waals surface area (Å²) in [6, 6.07) is 23.4. The second kappa shape index (κ2) is 7.06. The summed E-state index contributed by atoms with van der Waals surface area (Å²) in [4.78, 5) is 8.70. The van der Waals surface area contributed by atoms with Crippen LogP contribution in [0.25, 0.3) is 22.0 Å². The van der Waals surface area contributed by atoms with Crippen LogP contribution in [0.4, 0.5) is 17.5 Å². The molecule has 0 unspecified atom stereocenters. The third-order valence-corrected chi connectivity index (χ3v) is 4.65. The van der Waals surface area contributed by atoms with E-state index in [4.69, 9.17) is 5.73 Å². The van der Waals surface area contributed by atoms with Gasteiger partial charge in [0.05, 0.1) is 17.1 Å². The van der Waals surface area contributed by atoms with Gasteiger partial charge >= 0.3 is 0 Å². The number of nitriles is 1. The minimum Gasteiger partial charge on any atom is -0.368 e. The molecule has 1 aromatic heterocycles. The van der Waals surface area contributed by atoms with Crippen LogP contribution in [-0.4, -0.2) is 9.97 Å². The molecular weight excluding hydrogens is 402 g/mol. The molecule has 0 saturated carbocycles. The standard InChI is InChI=1S/C21H14BrN5/c22-15-5-3-6-16(11-15)25-20-18-10-13(8-9-19(18)26-21(24)27-20)17-7-2-1-4-14(17)12-23/h1-11H,(H3,24,25,26,27). The Morgan fingerprint density at radius 3 is 2.63 bits per heavy atom. The highest BCUT2D eigenvalue weighted by atomic mass is 79.9. The molecule has 5 nitrogen and oxygen atoms in total. The maximum atomic E-state index is 9.40. The summed E-state index contributed by atoms with van der Waals surface area (Å²) >= 11 is 3.47. The van der Waals surface area contributed by atoms with Gasteiger partial charge in [-0.3, -0.25) is 0 Å². The lowest BCUT2D eigenvalue weighted by molar-refractivity contribution is 1.23. The van der Waals surface area contributed by atoms with Crippen LogP contribution in [0, 0.1) is 11.3 Å². The van der Waals surface area contributed by atoms with Gasteiger partial charge in [0.1, 0.15) is 5.82 Å². The van der Waals surface area contributed by atoms with E-state index in [2.05, 4.69) is 37.3 Å². The fourth-order valence-corrected chi connectivity index (χ4v) is 3.34. The minimum absolute atomic E-state index is 0.199. The lowest BCUT2D eigenvalue weighted by atomic mass is 9.99. The number of nitrogen functional groups attached to an aromatic ring is 1. The van der Waals surface area contributed by atoms with Gasteiger partial charge in [-0.05, 0) is 47.5 Å². The molecule has 4 rings (SSSR count). The average Bonchev–Trinajstić information content (AvgIpc) is 2.67. The van der Waals surface area contributed by atoms with E-state index in [-0.39, 0.29) is 5.95 Å². The number of aromatic nitrogens is 2. The van der Waals surface area contributed by atoms with Crippen molar-refractivity contribution in [3.63, 3.8) is 0 Å². The number of hydrogen-bond acceptors (Lipinski definition) is 5. The molecule has 0 aliphatic carbocycles. The summed E-state index contributed by atoms with van der Waals surface area (Å²) < 4.78 is 0.961. The Kier molecular flexibility index (Phi) is 4.45. The Morgan fingerprint density at radius 2 is 1.81 bits per heavy atom. The molecule has 0 amide bonds. The van der Waals surface area contributed by atoms with Crippen LogP contribution in [0.2, 0.25) is 0 Å². The van der Waals surface area contributed by atoms with E-state index in [1.165, 1.54) is 0 Å². The van der Waals surface area contributed by atoms with Crippen molar-refractivity contribution in [3.8, 4) is 17.2 Å². The minimum atomic E-state index is 0.199. The van der Waals surface area contributed by atoms with Gasteiger partial charge < -0.3 is 11.1 Å². The molecule has 6 heteroatoms. The van der Waals surface area contributed by atoms with Crippen molar-refractivity contribution in [1.82, 2.24) is 9.97 Å². The van der Waals surface area contributed by atoms with Gasteiger partial charge in [-0.2, -0.15) is 10.2 Å². The normalized spacial score (nSPS) is 10.5. The van der Waals surface area contributed by atoms with Gasteiger partial charge in [0.15, 0.2) is 0 Å². The number of nitrogens with one attached hydrogen (secondary N) is 1. The van der Waals surface area contributed by atoms with Crippen LogP contribution >= 0.6 is 15.9 Å². The molecule has 0 fully saturated rings. The van der Waals surface area contributed by atoms with Crippen LogP contribution in [0.3, 0.4) is 0 Å². The van der Waals surface area contributed by atoms with Crippen molar-refractivity contribution in [2.45, 2.75) is 0 Å². The van der Waals surface area contributed by atoms with Gasteiger partial charge in [-0.25, -0.2) is 4.98 Å². The van der Waals surface area contributed by atoms with Crippen LogP contribution < -0.4 is 11.1 Å². The van der Waals surface area contributed by atoms with Gasteiger partial charge in [-0.15, -0.1) is 0 Å². The lowest BCUT2D eigenvalue weighted by Gasteiger charge is -2.12. The van der Waals surface area contributed by atoms with Crippen LogP contribution in [0.15, 0.2) is 71.2 Å². The van der Waals surface area contributed by atoms with Gasteiger partial charge in [-0.1, -0.05) is 46.3 Å². The highest BCUT2D eigenvalue weighted by Crippen LogP contribution is 2.31. The van der Waals surface area contributed by atoms with E-state index in [1.54, 1.807) is 6.07 Å². The molecule has 130 valence electrons. The summed E-state index contributed by atoms with van der Waals surface area (Å²) in [6.45, 7) is 0. The van der Waals surface area contributed by atoms with Crippen molar-refractivity contribution in [2.24, 2.45) is 0 Å². The largest absolute Gasteiger partial charge is 0.368 e. The molecule has 3 N–H and O–H groups in total. The quantitative estimate of drug-likeness (QED) is 0.476. The van der Waals surface area contributed by atoms with Crippen LogP contribution in [0.1, 0.15) is 5.56 Å². The zero-order chi connectivity index (χ0) is 18.8. The first-order chi connectivity index (χ1) is 13.1. The van der Waals surface area contributed by atoms with Crippen molar-refractivity contribution < 1.29 is 0 Å². The Balaban J connectivity index is 1.87. The predicted molar refractivity (Wildman–Crippen MR) is 112 cm³/mol. The maximum absolute atomic E-state index is 9.40. The highest BCUT2D eigenvalue weighted by Gasteiger charge is 2.11. The number of nitrogens with zero attached hydrogens (tertiary/aromatic N) is 3. The fourth-order valence-electron chi connectivity index (χ4n) is 2.94. The van der Waals surface area contributed by atoms with E-state index in [0.29, 0.717) is 11.4 Å². The molecule has 0 spiro atoms. The number of fused-ring (bicyclic) bond motifs is 1. The number of benzene rings is 3. The average molecular weight is 416 g/mol. The Hall–Kier alpha value is -3.43. The number of hydrogen-bond donors (Lipinski definition) is 2. The van der Waals surface area contributed by atoms with Gasteiger partial charge in [0.25, 0.3) is 0 Å². The third kappa shape index (κ3) is 3.46. The molecule has 0 saturated heterocycles. The third-order valence-electron chi connectivity index (χ3n) is 4.16. The number of rotatable bonds is 3. The summed E-state index contributed by atoms with van der Waals surface area (Å²) in [5.74, 6) is 0.817. The van der Waals surface area contributed by atoms with E-state index >= 15 is 0 Å². The maximum Gasteiger partial charge on any atom is 0.222 e. The number of nitrogens with two attached hydrogens (primary N) is 1. The second-order valence-corrected chi connectivity index (χ2v) is 6.87. The molecule has 0 bridgehead atoms. The van der Waals surface area contributed by atoms with Crippen molar-refractivity contribution in [2.75, 3.05) is 11.1 Å². The predicted octanol–water partition coefficient (Wildman–Crippen LogP) is 5.26. The van der Waals surface area contributed by atoms with E-state index in [1.807, 2.05) is 60.7 Å². The van der Waals surface area contributed by atoms with Crippen molar-refractivity contribution in [1.29, 1.82) is 5.26 Å². The first-order valence-electron chi connectivity index (χ1n) is 8.23. The first kappa shape index (κ1) is 17.0. The summed E-state index contributed by atoms with van der Waals surface area (Å²) in [5.41, 5.74) is 9.91. The van der Waals surface area contributed by atoms with Crippen LogP contribution in [0.5, 0.6) is 0 Å². The zero-order valence-corrected chi connectivity index (χ0v) is 15.7. The monoisotopic (exact) mass is 415 g/mol. The second-order valence-electron chi connectivity index (χ2n) is 5.96. The summed E-state index contributed by atoms with van der Waals surface area (Å²) in [6.07, 6.45) is 0. The van der Waals surface area contributed by atoms with E-state index in [0.717, 1.165) is 32.2 Å². The smallest absolute Gasteiger partial charge is 0.222 e. The fraction of sp³-hybridized carbons (Fsp3) is 0. The lowest BCUT2D eigenvalue weighted by Crippen LogP contribution is -2.01. The van der Waals surface area contributed by atoms with Crippen molar-refractivity contribution in [3.05, 3.63) is 76.8 Å². The zero-order valence-electron chi connectivity index (χ0n) is 14.1. The molecule has 3 aromatic carbocycles. The molecule has 27 heavy (non-hydrogen) atoms. The van der Waals surface area contributed by atoms with Crippen LogP contribution in [-0.2, 0) is 0 Å². The van der Waals surface area contributed by atoms with Crippen molar-refractivity contribution >= 4 is 44.3 Å². The molecule has 0 aliphatic rings. The summed E-state index contributed by atoms with van der Waals surface area (Å²) in [5, 5.41) is 13.5. The number of anilines is 3. The molecule has 1 heterocycles. The molecular formula is C21H14BrN5. The SMILES string of the molecule is N#Cc1ccccc1-c1ccc2nc(N)nc(Nc3cccc(Br)c3)c2c1. The Morgan fingerprint density at radius 1 is 0.963 bits per heavy atom. The molecule has 0 aliphatic heterocycles. The van der Waals surface area contributed by atoms with E-state index < -0.39 is 0 Å². The van der Waals surface area contributed by atoms with Gasteiger partial charge in [0, 0.05) is 15.5 Å². The number of halogens is 1.